The molecule has 1 aromatic rings. The van der Waals surface area contributed by atoms with Crippen LogP contribution in [-0.4, -0.2) is 44.8 Å². The number of carbonyl (C=O) groups is 2. The van der Waals surface area contributed by atoms with E-state index in [2.05, 4.69) is 10.6 Å². The van der Waals surface area contributed by atoms with Crippen LogP contribution in [0.1, 0.15) is 16.8 Å². The van der Waals surface area contributed by atoms with Crippen molar-refractivity contribution in [2.45, 2.75) is 12.0 Å². The summed E-state index contributed by atoms with van der Waals surface area (Å²) >= 11 is 0. The van der Waals surface area contributed by atoms with Gasteiger partial charge >= 0.3 is 5.97 Å². The molecule has 7 heteroatoms. The number of carbonyl (C=O) groups excluding carboxylic acids is 2. The Balaban J connectivity index is 2.24. The van der Waals surface area contributed by atoms with E-state index in [4.69, 9.17) is 9.47 Å². The summed E-state index contributed by atoms with van der Waals surface area (Å²) in [6, 6.07) is 4.07. The molecule has 0 saturated carbocycles. The second-order valence-electron chi connectivity index (χ2n) is 4.78. The maximum Gasteiger partial charge on any atom is 0.334 e. The number of amides is 1. The second kappa shape index (κ2) is 6.09. The lowest BCUT2D eigenvalue weighted by Gasteiger charge is -2.26. The van der Waals surface area contributed by atoms with Crippen LogP contribution in [-0.2, 0) is 14.3 Å². The molecule has 1 aromatic carbocycles. The van der Waals surface area contributed by atoms with E-state index in [0.717, 1.165) is 0 Å². The number of halogens is 1. The van der Waals surface area contributed by atoms with Crippen molar-refractivity contribution in [2.24, 2.45) is 0 Å². The second-order valence-corrected chi connectivity index (χ2v) is 4.78. The van der Waals surface area contributed by atoms with Crippen LogP contribution in [0.4, 0.5) is 10.1 Å². The van der Waals surface area contributed by atoms with Crippen molar-refractivity contribution in [3.8, 4) is 0 Å². The van der Waals surface area contributed by atoms with Crippen molar-refractivity contribution >= 4 is 17.6 Å². The summed E-state index contributed by atoms with van der Waals surface area (Å²) in [5.41, 5.74) is -0.690. The lowest BCUT2D eigenvalue weighted by Crippen LogP contribution is -2.47. The number of nitrogens with one attached hydrogen (secondary N) is 2. The first-order valence-corrected chi connectivity index (χ1v) is 6.48. The van der Waals surface area contributed by atoms with Crippen LogP contribution < -0.4 is 10.6 Å². The predicted octanol–water partition coefficient (Wildman–Crippen LogP) is 0.929. The zero-order valence-electron chi connectivity index (χ0n) is 11.9. The van der Waals surface area contributed by atoms with Gasteiger partial charge in [-0.2, -0.15) is 0 Å². The Morgan fingerprint density at radius 1 is 1.43 bits per heavy atom. The topological polar surface area (TPSA) is 76.7 Å². The first-order valence-electron chi connectivity index (χ1n) is 6.48. The van der Waals surface area contributed by atoms with Crippen LogP contribution in [0.3, 0.4) is 0 Å². The van der Waals surface area contributed by atoms with E-state index in [-0.39, 0.29) is 12.2 Å². The van der Waals surface area contributed by atoms with Crippen molar-refractivity contribution in [3.05, 3.63) is 29.6 Å². The molecule has 1 fully saturated rings. The summed E-state index contributed by atoms with van der Waals surface area (Å²) in [6.45, 7) is 0.569. The molecule has 21 heavy (non-hydrogen) atoms. The monoisotopic (exact) mass is 296 g/mol. The van der Waals surface area contributed by atoms with Gasteiger partial charge < -0.3 is 20.1 Å². The molecular weight excluding hydrogens is 279 g/mol. The van der Waals surface area contributed by atoms with Crippen molar-refractivity contribution in [1.29, 1.82) is 0 Å². The van der Waals surface area contributed by atoms with Crippen LogP contribution >= 0.6 is 0 Å². The molecule has 0 spiro atoms. The standard InChI is InChI=1S/C14H17FN2O4/c1-16-12(18)10-4-3-9(7-11(10)15)17-14(13(19)20-2)5-6-21-8-14/h3-4,7,17H,5-6,8H2,1-2H3,(H,16,18)/t14-/m1/s1. The van der Waals surface area contributed by atoms with E-state index in [1.165, 1.54) is 32.4 Å². The summed E-state index contributed by atoms with van der Waals surface area (Å²) in [7, 11) is 2.72. The Labute approximate surface area is 121 Å². The third-order valence-corrected chi connectivity index (χ3v) is 3.42. The Bertz CT molecular complexity index is 556. The Morgan fingerprint density at radius 3 is 2.71 bits per heavy atom. The first-order chi connectivity index (χ1) is 10.0. The van der Waals surface area contributed by atoms with E-state index in [0.29, 0.717) is 18.7 Å². The molecule has 0 aliphatic carbocycles. The van der Waals surface area contributed by atoms with Crippen LogP contribution in [0.15, 0.2) is 18.2 Å². The van der Waals surface area contributed by atoms with Gasteiger partial charge in [0.15, 0.2) is 5.54 Å². The molecule has 0 radical (unpaired) electrons. The molecule has 1 atom stereocenters. The molecule has 2 N–H and O–H groups in total. The van der Waals surface area contributed by atoms with E-state index in [9.17, 15) is 14.0 Å². The van der Waals surface area contributed by atoms with Crippen molar-refractivity contribution < 1.29 is 23.5 Å². The molecule has 1 aliphatic heterocycles. The Kier molecular flexibility index (Phi) is 4.42. The minimum Gasteiger partial charge on any atom is -0.467 e. The quantitative estimate of drug-likeness (QED) is 0.808. The maximum atomic E-state index is 13.9. The average molecular weight is 296 g/mol. The van der Waals surface area contributed by atoms with Gasteiger partial charge in [0, 0.05) is 25.8 Å². The summed E-state index contributed by atoms with van der Waals surface area (Å²) in [4.78, 5) is 23.4. The zero-order valence-corrected chi connectivity index (χ0v) is 11.9. The van der Waals surface area contributed by atoms with Gasteiger partial charge in [-0.25, -0.2) is 9.18 Å². The van der Waals surface area contributed by atoms with Gasteiger partial charge in [0.1, 0.15) is 5.82 Å². The third-order valence-electron chi connectivity index (χ3n) is 3.42. The number of anilines is 1. The fourth-order valence-electron chi connectivity index (χ4n) is 2.26. The molecule has 1 saturated heterocycles. The molecule has 0 bridgehead atoms. The fraction of sp³-hybridized carbons (Fsp3) is 0.429. The fourth-order valence-corrected chi connectivity index (χ4v) is 2.26. The molecule has 1 aliphatic rings. The van der Waals surface area contributed by atoms with Crippen molar-refractivity contribution in [1.82, 2.24) is 5.32 Å². The molecule has 1 amide bonds. The Morgan fingerprint density at radius 2 is 2.19 bits per heavy atom. The van der Waals surface area contributed by atoms with Gasteiger partial charge in [-0.3, -0.25) is 4.79 Å². The lowest BCUT2D eigenvalue weighted by molar-refractivity contribution is -0.146. The average Bonchev–Trinajstić information content (AvgIpc) is 2.95. The lowest BCUT2D eigenvalue weighted by atomic mass is 9.98. The van der Waals surface area contributed by atoms with Gasteiger partial charge in [-0.05, 0) is 18.2 Å². The van der Waals surface area contributed by atoms with Gasteiger partial charge in [0.2, 0.25) is 0 Å². The Hall–Kier alpha value is -2.15. The third kappa shape index (κ3) is 2.97. The number of methoxy groups -OCH3 is 1. The normalized spacial score (nSPS) is 20.9. The number of hydrogen-bond donors (Lipinski definition) is 2. The predicted molar refractivity (Wildman–Crippen MR) is 73.6 cm³/mol. The SMILES string of the molecule is CNC(=O)c1ccc(N[C@]2(C(=O)OC)CCOC2)cc1F. The highest BCUT2D eigenvalue weighted by Gasteiger charge is 2.43. The molecule has 0 aromatic heterocycles. The highest BCUT2D eigenvalue weighted by Crippen LogP contribution is 2.26. The smallest absolute Gasteiger partial charge is 0.334 e. The molecule has 0 unspecified atom stereocenters. The zero-order chi connectivity index (χ0) is 15.5. The summed E-state index contributed by atoms with van der Waals surface area (Å²) in [5, 5.41) is 5.31. The van der Waals surface area contributed by atoms with Gasteiger partial charge in [0.25, 0.3) is 5.91 Å². The summed E-state index contributed by atoms with van der Waals surface area (Å²) in [5.74, 6) is -1.64. The maximum absolute atomic E-state index is 13.9. The number of esters is 1. The van der Waals surface area contributed by atoms with Gasteiger partial charge in [-0.15, -0.1) is 0 Å². The van der Waals surface area contributed by atoms with Crippen molar-refractivity contribution in [2.75, 3.05) is 32.7 Å². The number of hydrogen-bond acceptors (Lipinski definition) is 5. The number of benzene rings is 1. The van der Waals surface area contributed by atoms with E-state index in [1.54, 1.807) is 0 Å². The van der Waals surface area contributed by atoms with E-state index >= 15 is 0 Å². The van der Waals surface area contributed by atoms with E-state index in [1.807, 2.05) is 0 Å². The number of ether oxygens (including phenoxy) is 2. The highest BCUT2D eigenvalue weighted by atomic mass is 19.1. The van der Waals surface area contributed by atoms with Gasteiger partial charge in [0.05, 0.1) is 19.3 Å². The highest BCUT2D eigenvalue weighted by molar-refractivity contribution is 5.94. The molecular formula is C14H17FN2O4. The van der Waals surface area contributed by atoms with Gasteiger partial charge in [-0.1, -0.05) is 0 Å². The molecule has 6 nitrogen and oxygen atoms in total. The first kappa shape index (κ1) is 15.2. The van der Waals surface area contributed by atoms with Crippen LogP contribution in [0.5, 0.6) is 0 Å². The van der Waals surface area contributed by atoms with Crippen molar-refractivity contribution in [3.63, 3.8) is 0 Å². The number of rotatable bonds is 4. The van der Waals surface area contributed by atoms with Crippen LogP contribution in [0.25, 0.3) is 0 Å². The molecule has 114 valence electrons. The molecule has 2 rings (SSSR count). The minimum atomic E-state index is -1.02. The largest absolute Gasteiger partial charge is 0.467 e. The minimum absolute atomic E-state index is 0.0576. The molecule has 1 heterocycles. The van der Waals surface area contributed by atoms with Crippen LogP contribution in [0.2, 0.25) is 0 Å². The summed E-state index contributed by atoms with van der Waals surface area (Å²) < 4.78 is 23.9. The van der Waals surface area contributed by atoms with Crippen LogP contribution in [0, 0.1) is 5.82 Å². The summed E-state index contributed by atoms with van der Waals surface area (Å²) in [6.07, 6.45) is 0.429. The van der Waals surface area contributed by atoms with E-state index < -0.39 is 23.2 Å².